The summed E-state index contributed by atoms with van der Waals surface area (Å²) >= 11 is 0. The van der Waals surface area contributed by atoms with E-state index in [9.17, 15) is 4.79 Å². The summed E-state index contributed by atoms with van der Waals surface area (Å²) in [5.41, 5.74) is 2.06. The number of fused-ring (bicyclic) bond motifs is 1. The predicted molar refractivity (Wildman–Crippen MR) is 112 cm³/mol. The summed E-state index contributed by atoms with van der Waals surface area (Å²) in [4.78, 5) is 18.4. The van der Waals surface area contributed by atoms with Crippen molar-refractivity contribution in [1.29, 1.82) is 0 Å². The van der Waals surface area contributed by atoms with Crippen molar-refractivity contribution in [3.05, 3.63) is 66.7 Å². The van der Waals surface area contributed by atoms with Gasteiger partial charge < -0.3 is 14.8 Å². The number of benzene rings is 2. The monoisotopic (exact) mass is 407 g/mol. The summed E-state index contributed by atoms with van der Waals surface area (Å²) in [7, 11) is 1.94. The van der Waals surface area contributed by atoms with Crippen molar-refractivity contribution in [2.75, 3.05) is 26.7 Å². The molecule has 0 fully saturated rings. The van der Waals surface area contributed by atoms with Crippen molar-refractivity contribution in [3.8, 4) is 17.2 Å². The van der Waals surface area contributed by atoms with Crippen LogP contribution in [0.15, 0.2) is 61.2 Å². The molecular formula is C22H25N5O3. The molecule has 30 heavy (non-hydrogen) atoms. The molecule has 8 nitrogen and oxygen atoms in total. The fourth-order valence-electron chi connectivity index (χ4n) is 3.31. The van der Waals surface area contributed by atoms with Gasteiger partial charge in [0.1, 0.15) is 25.4 Å². The van der Waals surface area contributed by atoms with Gasteiger partial charge in [0.2, 0.25) is 5.91 Å². The van der Waals surface area contributed by atoms with Gasteiger partial charge >= 0.3 is 0 Å². The Balaban J connectivity index is 1.26. The molecule has 2 atom stereocenters. The van der Waals surface area contributed by atoms with Crippen molar-refractivity contribution >= 4 is 5.91 Å². The van der Waals surface area contributed by atoms with E-state index in [0.717, 1.165) is 17.0 Å². The van der Waals surface area contributed by atoms with Gasteiger partial charge in [-0.25, -0.2) is 9.67 Å². The molecule has 2 heterocycles. The zero-order valence-electron chi connectivity index (χ0n) is 17.1. The Morgan fingerprint density at radius 3 is 2.73 bits per heavy atom. The van der Waals surface area contributed by atoms with Crippen LogP contribution in [0.25, 0.3) is 5.69 Å². The van der Waals surface area contributed by atoms with Gasteiger partial charge in [0.25, 0.3) is 0 Å². The minimum absolute atomic E-state index is 0.0500. The number of carbonyl (C=O) groups is 1. The Morgan fingerprint density at radius 1 is 1.23 bits per heavy atom. The van der Waals surface area contributed by atoms with E-state index in [0.29, 0.717) is 18.9 Å². The van der Waals surface area contributed by atoms with Crippen LogP contribution in [0.2, 0.25) is 0 Å². The number of rotatable bonds is 7. The van der Waals surface area contributed by atoms with Crippen molar-refractivity contribution in [3.63, 3.8) is 0 Å². The summed E-state index contributed by atoms with van der Waals surface area (Å²) in [6.07, 6.45) is 2.97. The van der Waals surface area contributed by atoms with Gasteiger partial charge in [-0.05, 0) is 43.8 Å². The van der Waals surface area contributed by atoms with Crippen molar-refractivity contribution in [2.24, 2.45) is 0 Å². The van der Waals surface area contributed by atoms with Crippen molar-refractivity contribution in [2.45, 2.75) is 19.1 Å². The van der Waals surface area contributed by atoms with Gasteiger partial charge in [0.15, 0.2) is 11.5 Å². The lowest BCUT2D eigenvalue weighted by atomic mass is 10.1. The molecular weight excluding hydrogens is 382 g/mol. The molecule has 1 aliphatic heterocycles. The number of para-hydroxylation sites is 2. The van der Waals surface area contributed by atoms with Gasteiger partial charge in [-0.3, -0.25) is 9.69 Å². The Hall–Kier alpha value is -3.39. The molecule has 1 aromatic heterocycles. The largest absolute Gasteiger partial charge is 0.486 e. The highest BCUT2D eigenvalue weighted by molar-refractivity contribution is 5.78. The standard InChI is InChI=1S/C22H25N5O3/c1-16(17-7-9-18(10-8-17)27-15-23-14-25-27)26(2)12-22(28)24-11-19-13-29-20-5-3-4-6-21(20)30-19/h3-10,14-16,19H,11-13H2,1-2H3,(H,24,28)/t16-,19+/m0/s1. The lowest BCUT2D eigenvalue weighted by Gasteiger charge is -2.27. The molecule has 1 amide bonds. The van der Waals surface area contributed by atoms with Crippen LogP contribution in [-0.2, 0) is 4.79 Å². The fraction of sp³-hybridized carbons (Fsp3) is 0.318. The summed E-state index contributed by atoms with van der Waals surface area (Å²) in [6.45, 7) is 3.19. The minimum atomic E-state index is -0.198. The molecule has 0 radical (unpaired) electrons. The molecule has 1 N–H and O–H groups in total. The Morgan fingerprint density at radius 2 is 2.00 bits per heavy atom. The topological polar surface area (TPSA) is 81.5 Å². The summed E-state index contributed by atoms with van der Waals surface area (Å²) in [5, 5.41) is 7.07. The molecule has 156 valence electrons. The minimum Gasteiger partial charge on any atom is -0.486 e. The van der Waals surface area contributed by atoms with Crippen LogP contribution in [-0.4, -0.2) is 58.4 Å². The zero-order chi connectivity index (χ0) is 20.9. The first kappa shape index (κ1) is 19.9. The normalized spacial score (nSPS) is 16.3. The third kappa shape index (κ3) is 4.60. The predicted octanol–water partition coefficient (Wildman–Crippen LogP) is 2.22. The second kappa shape index (κ2) is 8.96. The van der Waals surface area contributed by atoms with E-state index >= 15 is 0 Å². The Bertz CT molecular complexity index is 975. The van der Waals surface area contributed by atoms with Gasteiger partial charge in [-0.2, -0.15) is 5.10 Å². The van der Waals surface area contributed by atoms with Crippen LogP contribution in [0, 0.1) is 0 Å². The van der Waals surface area contributed by atoms with Gasteiger partial charge in [0, 0.05) is 6.04 Å². The first-order valence-electron chi connectivity index (χ1n) is 9.90. The van der Waals surface area contributed by atoms with E-state index < -0.39 is 0 Å². The molecule has 2 aromatic carbocycles. The number of ether oxygens (including phenoxy) is 2. The lowest BCUT2D eigenvalue weighted by molar-refractivity contribution is -0.122. The molecule has 1 aliphatic rings. The van der Waals surface area contributed by atoms with E-state index in [1.807, 2.05) is 60.5 Å². The van der Waals surface area contributed by atoms with Crippen molar-refractivity contribution < 1.29 is 14.3 Å². The highest BCUT2D eigenvalue weighted by atomic mass is 16.6. The second-order valence-electron chi connectivity index (χ2n) is 7.32. The first-order valence-corrected chi connectivity index (χ1v) is 9.90. The maximum atomic E-state index is 12.4. The Kier molecular flexibility index (Phi) is 5.94. The van der Waals surface area contributed by atoms with E-state index in [4.69, 9.17) is 9.47 Å². The van der Waals surface area contributed by atoms with Crippen LogP contribution in [0.5, 0.6) is 11.5 Å². The highest BCUT2D eigenvalue weighted by Crippen LogP contribution is 2.30. The molecule has 4 rings (SSSR count). The van der Waals surface area contributed by atoms with E-state index in [1.165, 1.54) is 6.33 Å². The van der Waals surface area contributed by atoms with Crippen LogP contribution in [0.4, 0.5) is 0 Å². The van der Waals surface area contributed by atoms with Gasteiger partial charge in [0.05, 0.1) is 18.8 Å². The average Bonchev–Trinajstić information content (AvgIpc) is 3.32. The van der Waals surface area contributed by atoms with Crippen LogP contribution < -0.4 is 14.8 Å². The van der Waals surface area contributed by atoms with Gasteiger partial charge in [-0.15, -0.1) is 0 Å². The third-order valence-electron chi connectivity index (χ3n) is 5.21. The van der Waals surface area contributed by atoms with Gasteiger partial charge in [-0.1, -0.05) is 24.3 Å². The van der Waals surface area contributed by atoms with Crippen LogP contribution in [0.1, 0.15) is 18.5 Å². The Labute approximate surface area is 175 Å². The molecule has 0 spiro atoms. The maximum Gasteiger partial charge on any atom is 0.234 e. The third-order valence-corrected chi connectivity index (χ3v) is 5.21. The second-order valence-corrected chi connectivity index (χ2v) is 7.32. The smallest absolute Gasteiger partial charge is 0.234 e. The number of aromatic nitrogens is 3. The molecule has 0 aliphatic carbocycles. The number of hydrogen-bond acceptors (Lipinski definition) is 6. The summed E-state index contributed by atoms with van der Waals surface area (Å²) < 4.78 is 13.3. The number of hydrogen-bond donors (Lipinski definition) is 1. The maximum absolute atomic E-state index is 12.4. The average molecular weight is 407 g/mol. The summed E-state index contributed by atoms with van der Waals surface area (Å²) in [5.74, 6) is 1.40. The molecule has 8 heteroatoms. The van der Waals surface area contributed by atoms with E-state index in [2.05, 4.69) is 22.3 Å². The SMILES string of the molecule is C[C@@H](c1ccc(-n2cncn2)cc1)N(C)CC(=O)NC[C@@H]1COc2ccccc2O1. The number of nitrogens with one attached hydrogen (secondary N) is 1. The van der Waals surface area contributed by atoms with E-state index in [-0.39, 0.29) is 24.6 Å². The number of nitrogens with zero attached hydrogens (tertiary/aromatic N) is 4. The quantitative estimate of drug-likeness (QED) is 0.647. The highest BCUT2D eigenvalue weighted by Gasteiger charge is 2.22. The molecule has 0 unspecified atom stereocenters. The molecule has 0 bridgehead atoms. The van der Waals surface area contributed by atoms with Crippen LogP contribution in [0.3, 0.4) is 0 Å². The molecule has 3 aromatic rings. The molecule has 0 saturated heterocycles. The number of carbonyl (C=O) groups excluding carboxylic acids is 1. The number of likely N-dealkylation sites (N-methyl/N-ethyl adjacent to an activating group) is 1. The van der Waals surface area contributed by atoms with Crippen molar-refractivity contribution in [1.82, 2.24) is 25.0 Å². The number of amides is 1. The van der Waals surface area contributed by atoms with Crippen LogP contribution >= 0.6 is 0 Å². The summed E-state index contributed by atoms with van der Waals surface area (Å²) in [6, 6.07) is 15.7. The van der Waals surface area contributed by atoms with E-state index in [1.54, 1.807) is 11.0 Å². The fourth-order valence-corrected chi connectivity index (χ4v) is 3.31. The molecule has 0 saturated carbocycles. The lowest BCUT2D eigenvalue weighted by Crippen LogP contribution is -2.44. The zero-order valence-corrected chi connectivity index (χ0v) is 17.1. The first-order chi connectivity index (χ1) is 14.6.